The second kappa shape index (κ2) is 10.1. The van der Waals surface area contributed by atoms with E-state index in [1.165, 1.54) is 5.56 Å². The molecule has 0 radical (unpaired) electrons. The van der Waals surface area contributed by atoms with Gasteiger partial charge in [-0.1, -0.05) is 42.5 Å². The van der Waals surface area contributed by atoms with Crippen LogP contribution in [0.4, 0.5) is 4.79 Å². The molecule has 0 aromatic heterocycles. The molecule has 5 heteroatoms. The highest BCUT2D eigenvalue weighted by Crippen LogP contribution is 2.14. The number of aromatic hydroxyl groups is 1. The molecular formula is C23H31N3O2. The molecule has 1 saturated heterocycles. The van der Waals surface area contributed by atoms with Gasteiger partial charge in [-0.3, -0.25) is 4.90 Å². The fourth-order valence-corrected chi connectivity index (χ4v) is 3.65. The second-order valence-corrected chi connectivity index (χ2v) is 7.76. The fraction of sp³-hybridized carbons (Fsp3) is 0.435. The lowest BCUT2D eigenvalue weighted by atomic mass is 10.0. The standard InChI is InChI=1S/C23H31N3O2/c1-18(7-8-19-9-11-22(27)12-10-19)24-23(28)25-21-13-15-26(16-14-21)17-20-5-3-2-4-6-20/h2-6,9-12,18,21,27H,7-8,13-17H2,1H3,(H2,24,25,28). The molecule has 3 rings (SSSR count). The van der Waals surface area contributed by atoms with Crippen molar-refractivity contribution in [2.24, 2.45) is 0 Å². The van der Waals surface area contributed by atoms with Gasteiger partial charge < -0.3 is 15.7 Å². The molecule has 5 nitrogen and oxygen atoms in total. The summed E-state index contributed by atoms with van der Waals surface area (Å²) in [6, 6.07) is 18.1. The van der Waals surface area contributed by atoms with Crippen molar-refractivity contribution in [1.82, 2.24) is 15.5 Å². The molecule has 150 valence electrons. The van der Waals surface area contributed by atoms with Gasteiger partial charge in [0.2, 0.25) is 0 Å². The average Bonchev–Trinajstić information content (AvgIpc) is 2.70. The van der Waals surface area contributed by atoms with Crippen molar-refractivity contribution in [3.05, 3.63) is 65.7 Å². The maximum Gasteiger partial charge on any atom is 0.315 e. The van der Waals surface area contributed by atoms with Crippen LogP contribution >= 0.6 is 0 Å². The van der Waals surface area contributed by atoms with Crippen LogP contribution in [0.25, 0.3) is 0 Å². The van der Waals surface area contributed by atoms with E-state index in [4.69, 9.17) is 0 Å². The Morgan fingerprint density at radius 1 is 1.07 bits per heavy atom. The quantitative estimate of drug-likeness (QED) is 0.686. The smallest absolute Gasteiger partial charge is 0.315 e. The molecule has 0 saturated carbocycles. The lowest BCUT2D eigenvalue weighted by Gasteiger charge is -2.32. The molecule has 1 aliphatic rings. The van der Waals surface area contributed by atoms with Gasteiger partial charge in [-0.25, -0.2) is 4.79 Å². The Hall–Kier alpha value is -2.53. The van der Waals surface area contributed by atoms with E-state index in [9.17, 15) is 9.90 Å². The summed E-state index contributed by atoms with van der Waals surface area (Å²) in [4.78, 5) is 14.7. The number of carbonyl (C=O) groups is 1. The molecule has 28 heavy (non-hydrogen) atoms. The summed E-state index contributed by atoms with van der Waals surface area (Å²) >= 11 is 0. The summed E-state index contributed by atoms with van der Waals surface area (Å²) < 4.78 is 0. The fourth-order valence-electron chi connectivity index (χ4n) is 3.65. The van der Waals surface area contributed by atoms with Crippen LogP contribution in [-0.2, 0) is 13.0 Å². The third-order valence-corrected chi connectivity index (χ3v) is 5.35. The monoisotopic (exact) mass is 381 g/mol. The Morgan fingerprint density at radius 3 is 2.43 bits per heavy atom. The minimum atomic E-state index is -0.0697. The number of rotatable bonds is 7. The van der Waals surface area contributed by atoms with Crippen LogP contribution in [0.2, 0.25) is 0 Å². The van der Waals surface area contributed by atoms with Gasteiger partial charge in [-0.05, 0) is 55.9 Å². The van der Waals surface area contributed by atoms with Gasteiger partial charge in [0, 0.05) is 31.7 Å². The molecule has 1 fully saturated rings. The maximum atomic E-state index is 12.3. The number of phenols is 1. The number of amides is 2. The second-order valence-electron chi connectivity index (χ2n) is 7.76. The Kier molecular flexibility index (Phi) is 7.31. The number of urea groups is 1. The third-order valence-electron chi connectivity index (χ3n) is 5.35. The molecule has 1 unspecified atom stereocenters. The zero-order valence-electron chi connectivity index (χ0n) is 16.6. The van der Waals surface area contributed by atoms with Gasteiger partial charge in [0.1, 0.15) is 5.75 Å². The lowest BCUT2D eigenvalue weighted by Crippen LogP contribution is -2.49. The normalized spacial score (nSPS) is 16.5. The van der Waals surface area contributed by atoms with E-state index in [2.05, 4.69) is 39.8 Å². The Morgan fingerprint density at radius 2 is 1.75 bits per heavy atom. The van der Waals surface area contributed by atoms with Gasteiger partial charge in [-0.15, -0.1) is 0 Å². The molecule has 0 spiro atoms. The molecule has 3 N–H and O–H groups in total. The lowest BCUT2D eigenvalue weighted by molar-refractivity contribution is 0.185. The molecule has 1 heterocycles. The maximum absolute atomic E-state index is 12.3. The largest absolute Gasteiger partial charge is 0.508 e. The molecule has 1 aliphatic heterocycles. The van der Waals surface area contributed by atoms with E-state index in [0.717, 1.165) is 50.9 Å². The van der Waals surface area contributed by atoms with E-state index < -0.39 is 0 Å². The number of nitrogens with zero attached hydrogens (tertiary/aromatic N) is 1. The molecule has 0 aliphatic carbocycles. The number of aryl methyl sites for hydroxylation is 1. The minimum Gasteiger partial charge on any atom is -0.508 e. The molecule has 2 aromatic carbocycles. The van der Waals surface area contributed by atoms with Crippen LogP contribution < -0.4 is 10.6 Å². The van der Waals surface area contributed by atoms with Crippen LogP contribution in [-0.4, -0.2) is 41.2 Å². The van der Waals surface area contributed by atoms with Gasteiger partial charge in [0.25, 0.3) is 0 Å². The summed E-state index contributed by atoms with van der Waals surface area (Å²) in [5, 5.41) is 15.5. The van der Waals surface area contributed by atoms with Gasteiger partial charge in [0.15, 0.2) is 0 Å². The highest BCUT2D eigenvalue weighted by atomic mass is 16.3. The first kappa shape index (κ1) is 20.2. The van der Waals surface area contributed by atoms with E-state index in [-0.39, 0.29) is 23.9 Å². The van der Waals surface area contributed by atoms with Crippen LogP contribution in [0.15, 0.2) is 54.6 Å². The topological polar surface area (TPSA) is 64.6 Å². The van der Waals surface area contributed by atoms with Crippen molar-refractivity contribution in [3.8, 4) is 5.75 Å². The Bertz CT molecular complexity index is 725. The van der Waals surface area contributed by atoms with Crippen molar-refractivity contribution in [2.75, 3.05) is 13.1 Å². The van der Waals surface area contributed by atoms with Gasteiger partial charge >= 0.3 is 6.03 Å². The van der Waals surface area contributed by atoms with Crippen LogP contribution in [0.1, 0.15) is 37.3 Å². The van der Waals surface area contributed by atoms with Crippen LogP contribution in [0.3, 0.4) is 0 Å². The highest BCUT2D eigenvalue weighted by Gasteiger charge is 2.21. The predicted molar refractivity (Wildman–Crippen MR) is 112 cm³/mol. The molecule has 1 atom stereocenters. The summed E-state index contributed by atoms with van der Waals surface area (Å²) in [5.41, 5.74) is 2.51. The highest BCUT2D eigenvalue weighted by molar-refractivity contribution is 5.74. The van der Waals surface area contributed by atoms with Crippen molar-refractivity contribution < 1.29 is 9.90 Å². The molecule has 0 bridgehead atoms. The van der Waals surface area contributed by atoms with Crippen LogP contribution in [0, 0.1) is 0 Å². The molecule has 2 aromatic rings. The predicted octanol–water partition coefficient (Wildman–Crippen LogP) is 3.68. The van der Waals surface area contributed by atoms with E-state index in [1.807, 2.05) is 25.1 Å². The molecular weight excluding hydrogens is 350 g/mol. The molecule has 2 amide bonds. The summed E-state index contributed by atoms with van der Waals surface area (Å²) in [7, 11) is 0. The summed E-state index contributed by atoms with van der Waals surface area (Å²) in [5.74, 6) is 0.282. The van der Waals surface area contributed by atoms with Crippen molar-refractivity contribution in [2.45, 2.75) is 51.2 Å². The number of phenolic OH excluding ortho intramolecular Hbond substituents is 1. The number of carbonyl (C=O) groups excluding carboxylic acids is 1. The number of nitrogens with one attached hydrogen (secondary N) is 2. The van der Waals surface area contributed by atoms with E-state index in [0.29, 0.717) is 0 Å². The Balaban J connectivity index is 1.33. The Labute approximate surface area is 167 Å². The minimum absolute atomic E-state index is 0.0697. The number of benzene rings is 2. The zero-order valence-corrected chi connectivity index (χ0v) is 16.6. The first-order valence-corrected chi connectivity index (χ1v) is 10.2. The summed E-state index contributed by atoms with van der Waals surface area (Å²) in [6.45, 7) is 5.03. The van der Waals surface area contributed by atoms with Crippen molar-refractivity contribution in [1.29, 1.82) is 0 Å². The van der Waals surface area contributed by atoms with Gasteiger partial charge in [0.05, 0.1) is 0 Å². The average molecular weight is 382 g/mol. The third kappa shape index (κ3) is 6.57. The van der Waals surface area contributed by atoms with Crippen molar-refractivity contribution >= 4 is 6.03 Å². The summed E-state index contributed by atoms with van der Waals surface area (Å²) in [6.07, 6.45) is 3.72. The number of hydrogen-bond donors (Lipinski definition) is 3. The number of piperidine rings is 1. The zero-order chi connectivity index (χ0) is 19.8. The number of hydrogen-bond acceptors (Lipinski definition) is 3. The van der Waals surface area contributed by atoms with Crippen LogP contribution in [0.5, 0.6) is 5.75 Å². The number of likely N-dealkylation sites (tertiary alicyclic amines) is 1. The van der Waals surface area contributed by atoms with E-state index >= 15 is 0 Å². The van der Waals surface area contributed by atoms with Gasteiger partial charge in [-0.2, -0.15) is 0 Å². The first-order valence-electron chi connectivity index (χ1n) is 10.2. The van der Waals surface area contributed by atoms with Crippen molar-refractivity contribution in [3.63, 3.8) is 0 Å². The van der Waals surface area contributed by atoms with E-state index in [1.54, 1.807) is 12.1 Å². The first-order chi connectivity index (χ1) is 13.6. The SMILES string of the molecule is CC(CCc1ccc(O)cc1)NC(=O)NC1CCN(Cc2ccccc2)CC1.